The van der Waals surface area contributed by atoms with Crippen molar-refractivity contribution in [2.45, 2.75) is 38.9 Å². The van der Waals surface area contributed by atoms with Crippen molar-refractivity contribution in [2.24, 2.45) is 5.92 Å². The van der Waals surface area contributed by atoms with Crippen LogP contribution in [0, 0.1) is 5.92 Å². The third kappa shape index (κ3) is 5.08. The topological polar surface area (TPSA) is 110 Å². The van der Waals surface area contributed by atoms with Gasteiger partial charge in [-0.2, -0.15) is 0 Å². The number of hydrogen-bond acceptors (Lipinski definition) is 6. The van der Waals surface area contributed by atoms with Crippen molar-refractivity contribution >= 4 is 28.4 Å². The van der Waals surface area contributed by atoms with Crippen molar-refractivity contribution in [3.63, 3.8) is 0 Å². The van der Waals surface area contributed by atoms with Crippen LogP contribution >= 0.6 is 0 Å². The molecule has 0 radical (unpaired) electrons. The molecule has 0 saturated heterocycles. The molecule has 1 aliphatic heterocycles. The number of allylic oxidation sites excluding steroid dienone is 1. The Hall–Kier alpha value is -3.62. The summed E-state index contributed by atoms with van der Waals surface area (Å²) in [6.07, 6.45) is 3.96. The van der Waals surface area contributed by atoms with E-state index >= 15 is 0 Å². The molecule has 0 bridgehead atoms. The van der Waals surface area contributed by atoms with Crippen LogP contribution in [-0.2, 0) is 14.3 Å². The van der Waals surface area contributed by atoms with Gasteiger partial charge in [-0.1, -0.05) is 30.3 Å². The number of carbonyl (C=O) groups excluding carboxylic acids is 2. The van der Waals surface area contributed by atoms with E-state index in [2.05, 4.69) is 5.32 Å². The fourth-order valence-electron chi connectivity index (χ4n) is 4.62. The van der Waals surface area contributed by atoms with Crippen LogP contribution in [-0.4, -0.2) is 46.1 Å². The van der Waals surface area contributed by atoms with Crippen molar-refractivity contribution in [2.75, 3.05) is 18.5 Å². The van der Waals surface area contributed by atoms with E-state index in [4.69, 9.17) is 9.47 Å². The first-order chi connectivity index (χ1) is 16.9. The number of hydrogen-bond donors (Lipinski definition) is 3. The summed E-state index contributed by atoms with van der Waals surface area (Å²) in [5.74, 6) is -1.14. The van der Waals surface area contributed by atoms with Gasteiger partial charge in [0.1, 0.15) is 5.75 Å². The average molecular weight is 479 g/mol. The van der Waals surface area contributed by atoms with Gasteiger partial charge in [0, 0.05) is 43.6 Å². The van der Waals surface area contributed by atoms with Gasteiger partial charge >= 0.3 is 0 Å². The van der Waals surface area contributed by atoms with Crippen LogP contribution in [0.4, 0.5) is 5.69 Å². The number of anilines is 1. The number of amides is 1. The van der Waals surface area contributed by atoms with Crippen molar-refractivity contribution < 1.29 is 29.3 Å². The normalized spacial score (nSPS) is 19.7. The molecule has 3 aromatic rings. The molecule has 0 unspecified atom stereocenters. The number of phenols is 1. The first-order valence-electron chi connectivity index (χ1n) is 11.8. The second-order valence-corrected chi connectivity index (χ2v) is 8.49. The highest BCUT2D eigenvalue weighted by molar-refractivity contribution is 6.03. The molecule has 3 N–H and O–H groups in total. The molecule has 8 nitrogen and oxygen atoms in total. The van der Waals surface area contributed by atoms with Crippen molar-refractivity contribution in [3.05, 3.63) is 72.1 Å². The molecule has 0 saturated carbocycles. The largest absolute Gasteiger partial charge is 0.506 e. The summed E-state index contributed by atoms with van der Waals surface area (Å²) in [6.45, 7) is 3.74. The zero-order valence-corrected chi connectivity index (χ0v) is 19.8. The number of aromatic hydroxyl groups is 1. The van der Waals surface area contributed by atoms with Crippen molar-refractivity contribution in [1.82, 2.24) is 4.57 Å². The van der Waals surface area contributed by atoms with Gasteiger partial charge in [0.2, 0.25) is 12.2 Å². The van der Waals surface area contributed by atoms with Crippen LogP contribution in [0.15, 0.2) is 66.6 Å². The van der Waals surface area contributed by atoms with Gasteiger partial charge in [0.15, 0.2) is 5.76 Å². The number of phenolic OH excluding ortho intramolecular Hbond substituents is 1. The number of carbonyl (C=O) groups is 2. The molecule has 0 fully saturated rings. The quantitative estimate of drug-likeness (QED) is 0.414. The summed E-state index contributed by atoms with van der Waals surface area (Å²) in [5, 5.41) is 23.2. The Morgan fingerprint density at radius 1 is 1.14 bits per heavy atom. The molecule has 3 atom stereocenters. The minimum Gasteiger partial charge on any atom is -0.506 e. The van der Waals surface area contributed by atoms with Crippen LogP contribution in [0.5, 0.6) is 5.75 Å². The highest BCUT2D eigenvalue weighted by Crippen LogP contribution is 2.42. The standard InChI is InChI=1S/C27H30N2O6/c1-3-34-27-19(10-8-14-30)20(21-16-29(17(2)31)23-12-6-4-9-18(21)23)15-25(35-27)26(33)28-22-11-5-7-13-24(22)32/h4-7,9,11-13,15-16,19-20,27,30,32H,3,8,10,14H2,1-2H3,(H,28,33)/t19-,20+,27-/m1/s1. The van der Waals surface area contributed by atoms with E-state index in [1.54, 1.807) is 28.8 Å². The van der Waals surface area contributed by atoms with Gasteiger partial charge < -0.3 is 25.0 Å². The number of nitrogens with zero attached hydrogens (tertiary/aromatic N) is 1. The second-order valence-electron chi connectivity index (χ2n) is 8.49. The molecular weight excluding hydrogens is 448 g/mol. The van der Waals surface area contributed by atoms with E-state index in [1.807, 2.05) is 37.4 Å². The summed E-state index contributed by atoms with van der Waals surface area (Å²) in [7, 11) is 0. The summed E-state index contributed by atoms with van der Waals surface area (Å²) in [6, 6.07) is 14.1. The van der Waals surface area contributed by atoms with Gasteiger partial charge in [-0.25, -0.2) is 0 Å². The van der Waals surface area contributed by atoms with Gasteiger partial charge in [-0.15, -0.1) is 0 Å². The lowest BCUT2D eigenvalue weighted by atomic mass is 9.80. The Bertz CT molecular complexity index is 1250. The summed E-state index contributed by atoms with van der Waals surface area (Å²) in [5.41, 5.74) is 1.92. The fraction of sp³-hybridized carbons (Fsp3) is 0.333. The Labute approximate surface area is 203 Å². The molecule has 2 aromatic carbocycles. The third-order valence-corrected chi connectivity index (χ3v) is 6.23. The van der Waals surface area contributed by atoms with Crippen LogP contribution < -0.4 is 5.32 Å². The first kappa shape index (κ1) is 24.5. The average Bonchev–Trinajstić information content (AvgIpc) is 3.24. The van der Waals surface area contributed by atoms with Crippen molar-refractivity contribution in [3.8, 4) is 5.75 Å². The monoisotopic (exact) mass is 478 g/mol. The number of benzene rings is 2. The van der Waals surface area contributed by atoms with Crippen LogP contribution in [0.2, 0.25) is 0 Å². The lowest BCUT2D eigenvalue weighted by molar-refractivity contribution is -0.164. The number of ether oxygens (including phenoxy) is 2. The molecule has 8 heteroatoms. The number of aliphatic hydroxyl groups excluding tert-OH is 1. The molecule has 2 heterocycles. The maximum absolute atomic E-state index is 13.2. The Kier molecular flexibility index (Phi) is 7.53. The predicted octanol–water partition coefficient (Wildman–Crippen LogP) is 4.39. The number of aliphatic hydroxyl groups is 1. The Balaban J connectivity index is 1.80. The van der Waals surface area contributed by atoms with E-state index in [-0.39, 0.29) is 41.5 Å². The second kappa shape index (κ2) is 10.8. The third-order valence-electron chi connectivity index (χ3n) is 6.23. The van der Waals surface area contributed by atoms with Crippen LogP contribution in [0.3, 0.4) is 0 Å². The van der Waals surface area contributed by atoms with Crippen LogP contribution in [0.25, 0.3) is 10.9 Å². The molecule has 1 aliphatic rings. The molecule has 35 heavy (non-hydrogen) atoms. The van der Waals surface area contributed by atoms with E-state index in [0.29, 0.717) is 19.4 Å². The van der Waals surface area contributed by atoms with Gasteiger partial charge in [-0.3, -0.25) is 14.2 Å². The van der Waals surface area contributed by atoms with Gasteiger partial charge in [0.05, 0.1) is 11.2 Å². The maximum Gasteiger partial charge on any atom is 0.290 e. The highest BCUT2D eigenvalue weighted by Gasteiger charge is 2.39. The van der Waals surface area contributed by atoms with E-state index in [1.165, 1.54) is 13.0 Å². The number of nitrogens with one attached hydrogen (secondary N) is 1. The smallest absolute Gasteiger partial charge is 0.290 e. The highest BCUT2D eigenvalue weighted by atomic mass is 16.7. The van der Waals surface area contributed by atoms with Gasteiger partial charge in [0.25, 0.3) is 5.91 Å². The maximum atomic E-state index is 13.2. The summed E-state index contributed by atoms with van der Waals surface area (Å²) >= 11 is 0. The van der Waals surface area contributed by atoms with Gasteiger partial charge in [-0.05, 0) is 49.6 Å². The number of rotatable bonds is 8. The van der Waals surface area contributed by atoms with E-state index in [0.717, 1.165) is 16.5 Å². The molecular formula is C27H30N2O6. The van der Waals surface area contributed by atoms with E-state index < -0.39 is 12.2 Å². The molecule has 1 amide bonds. The zero-order valence-electron chi connectivity index (χ0n) is 19.8. The lowest BCUT2D eigenvalue weighted by Gasteiger charge is -2.36. The SMILES string of the molecule is CCO[C@@H]1OC(C(=O)Nc2ccccc2O)=C[C@H](c2cn(C(C)=O)c3ccccc23)[C@H]1CCCO. The molecule has 0 spiro atoms. The number of aromatic nitrogens is 1. The Morgan fingerprint density at radius 2 is 1.89 bits per heavy atom. The molecule has 1 aromatic heterocycles. The lowest BCUT2D eigenvalue weighted by Crippen LogP contribution is -2.37. The van der Waals surface area contributed by atoms with Crippen molar-refractivity contribution in [1.29, 1.82) is 0 Å². The molecule has 184 valence electrons. The molecule has 0 aliphatic carbocycles. The summed E-state index contributed by atoms with van der Waals surface area (Å²) in [4.78, 5) is 25.5. The summed E-state index contributed by atoms with van der Waals surface area (Å²) < 4.78 is 13.5. The van der Waals surface area contributed by atoms with Crippen LogP contribution in [0.1, 0.15) is 43.0 Å². The zero-order chi connectivity index (χ0) is 24.9. The number of fused-ring (bicyclic) bond motifs is 1. The minimum atomic E-state index is -0.730. The molecule has 4 rings (SSSR count). The first-order valence-corrected chi connectivity index (χ1v) is 11.8. The Morgan fingerprint density at radius 3 is 2.60 bits per heavy atom. The number of para-hydroxylation sites is 3. The minimum absolute atomic E-state index is 0.0155. The predicted molar refractivity (Wildman–Crippen MR) is 132 cm³/mol. The van der Waals surface area contributed by atoms with E-state index in [9.17, 15) is 19.8 Å². The fourth-order valence-corrected chi connectivity index (χ4v) is 4.62.